The lowest BCUT2D eigenvalue weighted by Gasteiger charge is -2.06. The Labute approximate surface area is 184 Å². The third kappa shape index (κ3) is 6.27. The summed E-state index contributed by atoms with van der Waals surface area (Å²) < 4.78 is 5.14. The van der Waals surface area contributed by atoms with Gasteiger partial charge in [-0.1, -0.05) is 11.8 Å². The number of carbonyl (C=O) groups is 1. The molecular formula is C25H20N2O5. The summed E-state index contributed by atoms with van der Waals surface area (Å²) in [5.74, 6) is 10.9. The molecule has 0 aliphatic rings. The summed E-state index contributed by atoms with van der Waals surface area (Å²) in [5, 5.41) is 24.1. The van der Waals surface area contributed by atoms with Gasteiger partial charge in [0.1, 0.15) is 0 Å². The highest BCUT2D eigenvalue weighted by atomic mass is 16.4. The van der Waals surface area contributed by atoms with Gasteiger partial charge in [-0.05, 0) is 60.4 Å². The van der Waals surface area contributed by atoms with Crippen LogP contribution in [0.5, 0.6) is 5.75 Å². The van der Waals surface area contributed by atoms with Crippen molar-refractivity contribution >= 4 is 11.6 Å². The second-order valence-corrected chi connectivity index (χ2v) is 6.54. The van der Waals surface area contributed by atoms with Gasteiger partial charge in [0.2, 0.25) is 11.2 Å². The van der Waals surface area contributed by atoms with Gasteiger partial charge in [0.15, 0.2) is 5.76 Å². The normalized spacial score (nSPS) is 9.66. The lowest BCUT2D eigenvalue weighted by molar-refractivity contribution is 0.0945. The maximum atomic E-state index is 11.8. The Balaban J connectivity index is 1.55. The summed E-state index contributed by atoms with van der Waals surface area (Å²) in [6, 6.07) is 15.2. The number of aliphatic hydroxyl groups excluding tert-OH is 1. The predicted octanol–water partition coefficient (Wildman–Crippen LogP) is 2.08. The number of rotatable bonds is 6. The Morgan fingerprint density at radius 3 is 2.19 bits per heavy atom. The molecule has 7 heteroatoms. The molecule has 3 aromatic rings. The van der Waals surface area contributed by atoms with Gasteiger partial charge in [0.25, 0.3) is 5.91 Å². The van der Waals surface area contributed by atoms with Crippen LogP contribution in [-0.2, 0) is 6.54 Å². The van der Waals surface area contributed by atoms with E-state index in [-0.39, 0.29) is 31.4 Å². The average molecular weight is 428 g/mol. The highest BCUT2D eigenvalue weighted by Gasteiger charge is 2.07. The van der Waals surface area contributed by atoms with Gasteiger partial charge in [-0.3, -0.25) is 9.59 Å². The minimum atomic E-state index is -0.487. The molecule has 0 spiro atoms. The van der Waals surface area contributed by atoms with Crippen LogP contribution in [0.2, 0.25) is 0 Å². The number of hydrogen-bond donors (Lipinski definition) is 4. The van der Waals surface area contributed by atoms with Gasteiger partial charge in [0, 0.05) is 35.0 Å². The molecule has 0 atom stereocenters. The average Bonchev–Trinajstić information content (AvgIpc) is 2.82. The number of nitrogens with one attached hydrogen (secondary N) is 2. The fourth-order valence-corrected chi connectivity index (χ4v) is 2.61. The molecule has 1 amide bonds. The number of aromatic hydroxyl groups is 1. The van der Waals surface area contributed by atoms with Crippen LogP contribution in [0.15, 0.2) is 70.1 Å². The molecule has 2 aromatic carbocycles. The molecule has 7 nitrogen and oxygen atoms in total. The molecule has 0 bridgehead atoms. The number of amides is 1. The SMILES string of the molecule is O=C(NCCO)c1ccc(C#CC#Cc2ccc(NCc3occc(=O)c3O)cc2)cc1. The monoisotopic (exact) mass is 428 g/mol. The summed E-state index contributed by atoms with van der Waals surface area (Å²) in [4.78, 5) is 23.2. The molecule has 0 radical (unpaired) electrons. The van der Waals surface area contributed by atoms with E-state index in [4.69, 9.17) is 9.52 Å². The maximum Gasteiger partial charge on any atom is 0.251 e. The number of aliphatic hydroxyl groups is 1. The predicted molar refractivity (Wildman–Crippen MR) is 120 cm³/mol. The molecule has 0 saturated carbocycles. The summed E-state index contributed by atoms with van der Waals surface area (Å²) in [5.41, 5.74) is 2.28. The molecule has 0 aliphatic heterocycles. The summed E-state index contributed by atoms with van der Waals surface area (Å²) in [6.45, 7) is 0.271. The molecule has 0 aliphatic carbocycles. The first kappa shape index (κ1) is 22.2. The van der Waals surface area contributed by atoms with Crippen molar-refractivity contribution in [2.45, 2.75) is 6.54 Å². The van der Waals surface area contributed by atoms with E-state index in [0.717, 1.165) is 22.9 Å². The van der Waals surface area contributed by atoms with Crippen molar-refractivity contribution in [2.24, 2.45) is 0 Å². The summed E-state index contributed by atoms with van der Waals surface area (Å²) in [7, 11) is 0. The van der Waals surface area contributed by atoms with Gasteiger partial charge in [-0.25, -0.2) is 0 Å². The van der Waals surface area contributed by atoms with E-state index in [0.29, 0.717) is 5.56 Å². The minimum Gasteiger partial charge on any atom is -0.502 e. The van der Waals surface area contributed by atoms with Crippen molar-refractivity contribution in [2.75, 3.05) is 18.5 Å². The highest BCUT2D eigenvalue weighted by Crippen LogP contribution is 2.14. The molecule has 1 aromatic heterocycles. The van der Waals surface area contributed by atoms with Crippen LogP contribution in [0.4, 0.5) is 5.69 Å². The standard InChI is InChI=1S/C25H20N2O5/c28-15-14-26-25(31)20-9-5-18(6-10-20)3-1-2-4-19-7-11-21(12-8-19)27-17-23-24(30)22(29)13-16-32-23/h5-13,16,27-28,30H,14-15,17H2,(H,26,31). The number of carbonyl (C=O) groups excluding carboxylic acids is 1. The smallest absolute Gasteiger partial charge is 0.251 e. The van der Waals surface area contributed by atoms with E-state index >= 15 is 0 Å². The minimum absolute atomic E-state index is 0.106. The quantitative estimate of drug-likeness (QED) is 0.448. The Bertz CT molecular complexity index is 1250. The number of hydrogen-bond acceptors (Lipinski definition) is 6. The summed E-state index contributed by atoms with van der Waals surface area (Å²) >= 11 is 0. The van der Waals surface area contributed by atoms with Crippen LogP contribution in [-0.4, -0.2) is 29.3 Å². The Hall–Kier alpha value is -4.46. The second-order valence-electron chi connectivity index (χ2n) is 6.54. The number of anilines is 1. The van der Waals surface area contributed by atoms with Crippen LogP contribution in [0.25, 0.3) is 0 Å². The van der Waals surface area contributed by atoms with E-state index in [9.17, 15) is 14.7 Å². The van der Waals surface area contributed by atoms with Crippen molar-refractivity contribution in [1.82, 2.24) is 5.32 Å². The fraction of sp³-hybridized carbons (Fsp3) is 0.120. The van der Waals surface area contributed by atoms with Crippen LogP contribution in [0, 0.1) is 23.7 Å². The van der Waals surface area contributed by atoms with Crippen LogP contribution < -0.4 is 16.1 Å². The van der Waals surface area contributed by atoms with Gasteiger partial charge in [0.05, 0.1) is 19.4 Å². The Morgan fingerprint density at radius 2 is 1.56 bits per heavy atom. The van der Waals surface area contributed by atoms with Crippen molar-refractivity contribution in [3.8, 4) is 29.4 Å². The molecule has 0 unspecified atom stereocenters. The van der Waals surface area contributed by atoms with E-state index in [1.165, 1.54) is 6.26 Å². The van der Waals surface area contributed by atoms with Gasteiger partial charge in [-0.15, -0.1) is 0 Å². The summed E-state index contributed by atoms with van der Waals surface area (Å²) in [6.07, 6.45) is 1.24. The van der Waals surface area contributed by atoms with E-state index in [2.05, 4.69) is 34.3 Å². The lowest BCUT2D eigenvalue weighted by Crippen LogP contribution is -2.26. The van der Waals surface area contributed by atoms with Gasteiger partial charge >= 0.3 is 0 Å². The van der Waals surface area contributed by atoms with Crippen molar-refractivity contribution in [3.05, 3.63) is 93.5 Å². The highest BCUT2D eigenvalue weighted by molar-refractivity contribution is 5.94. The maximum absolute atomic E-state index is 11.8. The first-order valence-electron chi connectivity index (χ1n) is 9.71. The largest absolute Gasteiger partial charge is 0.502 e. The van der Waals surface area contributed by atoms with Crippen LogP contribution >= 0.6 is 0 Å². The van der Waals surface area contributed by atoms with Gasteiger partial charge in [-0.2, -0.15) is 0 Å². The van der Waals surface area contributed by atoms with Crippen molar-refractivity contribution in [1.29, 1.82) is 0 Å². The van der Waals surface area contributed by atoms with E-state index < -0.39 is 11.2 Å². The first-order valence-corrected chi connectivity index (χ1v) is 9.71. The zero-order chi connectivity index (χ0) is 22.8. The zero-order valence-electron chi connectivity index (χ0n) is 17.0. The third-order valence-electron chi connectivity index (χ3n) is 4.29. The number of benzene rings is 2. The molecule has 0 fully saturated rings. The van der Waals surface area contributed by atoms with Crippen LogP contribution in [0.1, 0.15) is 27.2 Å². The first-order chi connectivity index (χ1) is 15.6. The molecule has 1 heterocycles. The molecular weight excluding hydrogens is 408 g/mol. The molecule has 32 heavy (non-hydrogen) atoms. The van der Waals surface area contributed by atoms with Crippen LogP contribution in [0.3, 0.4) is 0 Å². The van der Waals surface area contributed by atoms with E-state index in [1.807, 2.05) is 24.3 Å². The Kier molecular flexibility index (Phi) is 7.69. The Morgan fingerprint density at radius 1 is 0.938 bits per heavy atom. The molecule has 160 valence electrons. The van der Waals surface area contributed by atoms with Crippen molar-refractivity contribution < 1.29 is 19.4 Å². The van der Waals surface area contributed by atoms with E-state index in [1.54, 1.807) is 24.3 Å². The zero-order valence-corrected chi connectivity index (χ0v) is 17.0. The molecule has 3 rings (SSSR count). The lowest BCUT2D eigenvalue weighted by atomic mass is 10.1. The molecule has 4 N–H and O–H groups in total. The van der Waals surface area contributed by atoms with Crippen molar-refractivity contribution in [3.63, 3.8) is 0 Å². The third-order valence-corrected chi connectivity index (χ3v) is 4.29. The topological polar surface area (TPSA) is 112 Å². The second kappa shape index (κ2) is 11.1. The molecule has 0 saturated heterocycles. The van der Waals surface area contributed by atoms with Gasteiger partial charge < -0.3 is 25.3 Å². The fourth-order valence-electron chi connectivity index (χ4n) is 2.61.